The van der Waals surface area contributed by atoms with Gasteiger partial charge in [-0.3, -0.25) is 20.2 Å². The summed E-state index contributed by atoms with van der Waals surface area (Å²) in [6.07, 6.45) is 2.43. The van der Waals surface area contributed by atoms with Gasteiger partial charge < -0.3 is 0 Å². The molecule has 0 bridgehead atoms. The van der Waals surface area contributed by atoms with Crippen LogP contribution >= 0.6 is 22.7 Å². The van der Waals surface area contributed by atoms with E-state index in [4.69, 9.17) is 0 Å². The van der Waals surface area contributed by atoms with Gasteiger partial charge in [0.2, 0.25) is 0 Å². The van der Waals surface area contributed by atoms with Gasteiger partial charge in [-0.2, -0.15) is 0 Å². The average Bonchev–Trinajstić information content (AvgIpc) is 3.06. The minimum Gasteiger partial charge on any atom is -0.258 e. The van der Waals surface area contributed by atoms with Gasteiger partial charge in [0.15, 0.2) is 0 Å². The maximum absolute atomic E-state index is 11.1. The second-order valence-electron chi connectivity index (χ2n) is 3.60. The molecule has 0 amide bonds. The highest BCUT2D eigenvalue weighted by atomic mass is 32.1. The summed E-state index contributed by atoms with van der Waals surface area (Å²) in [6.45, 7) is 0. The lowest BCUT2D eigenvalue weighted by Crippen LogP contribution is -2.09. The topological polar surface area (TPSA) is 86.3 Å². The first-order valence-electron chi connectivity index (χ1n) is 5.37. The Hall–Kier alpha value is -2.32. The summed E-state index contributed by atoms with van der Waals surface area (Å²) in [5.41, 5.74) is -1.04. The molecule has 0 unspecified atom stereocenters. The third-order valence-electron chi connectivity index (χ3n) is 2.30. The third kappa shape index (κ3) is 3.37. The lowest BCUT2D eigenvalue weighted by Gasteiger charge is -1.96. The molecular formula is C12H8N2O4S2. The Balaban J connectivity index is 2.49. The van der Waals surface area contributed by atoms with Crippen LogP contribution in [0.15, 0.2) is 46.4 Å². The number of thiophene rings is 2. The molecule has 0 aliphatic carbocycles. The van der Waals surface area contributed by atoms with E-state index in [1.165, 1.54) is 34.8 Å². The van der Waals surface area contributed by atoms with Crippen molar-refractivity contribution < 1.29 is 9.85 Å². The molecule has 0 aliphatic heterocycles. The molecule has 6 nitrogen and oxygen atoms in total. The van der Waals surface area contributed by atoms with Crippen molar-refractivity contribution in [3.8, 4) is 0 Å². The SMILES string of the molecule is O=[N+]([O-])C(=C\c1cccs1)/C(=C/c1cccs1)[N+](=O)[O-]. The van der Waals surface area contributed by atoms with Crippen LogP contribution in [0.4, 0.5) is 0 Å². The van der Waals surface area contributed by atoms with Gasteiger partial charge in [0.1, 0.15) is 0 Å². The highest BCUT2D eigenvalue weighted by molar-refractivity contribution is 7.11. The molecule has 2 aromatic heterocycles. The molecule has 2 rings (SSSR count). The summed E-state index contributed by atoms with van der Waals surface area (Å²) in [6, 6.07) is 6.78. The molecule has 0 aliphatic rings. The molecular weight excluding hydrogens is 300 g/mol. The van der Waals surface area contributed by atoms with E-state index in [2.05, 4.69) is 0 Å². The number of hydrogen-bond acceptors (Lipinski definition) is 6. The molecule has 0 saturated heterocycles. The zero-order valence-corrected chi connectivity index (χ0v) is 11.6. The first kappa shape index (κ1) is 14.1. The van der Waals surface area contributed by atoms with Crippen molar-refractivity contribution in [2.75, 3.05) is 0 Å². The number of rotatable bonds is 5. The lowest BCUT2D eigenvalue weighted by atomic mass is 10.2. The fourth-order valence-electron chi connectivity index (χ4n) is 1.46. The Morgan fingerprint density at radius 3 is 1.55 bits per heavy atom. The predicted molar refractivity (Wildman–Crippen MR) is 78.6 cm³/mol. The van der Waals surface area contributed by atoms with Crippen molar-refractivity contribution in [3.05, 3.63) is 76.4 Å². The molecule has 102 valence electrons. The Morgan fingerprint density at radius 2 is 1.30 bits per heavy atom. The maximum Gasteiger partial charge on any atom is 0.347 e. The fraction of sp³-hybridized carbons (Fsp3) is 0. The average molecular weight is 308 g/mol. The lowest BCUT2D eigenvalue weighted by molar-refractivity contribution is -0.477. The minimum absolute atomic E-state index is 0.522. The summed E-state index contributed by atoms with van der Waals surface area (Å²) in [4.78, 5) is 21.9. The molecule has 0 atom stereocenters. The summed E-state index contributed by atoms with van der Waals surface area (Å²) >= 11 is 2.56. The second kappa shape index (κ2) is 6.22. The van der Waals surface area contributed by atoms with E-state index < -0.39 is 21.2 Å². The zero-order chi connectivity index (χ0) is 14.5. The highest BCUT2D eigenvalue weighted by Crippen LogP contribution is 2.23. The fourth-order valence-corrected chi connectivity index (χ4v) is 2.76. The Kier molecular flexibility index (Phi) is 4.38. The number of hydrogen-bond donors (Lipinski definition) is 0. The van der Waals surface area contributed by atoms with Crippen molar-refractivity contribution in [3.63, 3.8) is 0 Å². The molecule has 0 saturated carbocycles. The van der Waals surface area contributed by atoms with Crippen LogP contribution in [0.1, 0.15) is 9.75 Å². The zero-order valence-electron chi connectivity index (χ0n) is 9.96. The third-order valence-corrected chi connectivity index (χ3v) is 3.94. The van der Waals surface area contributed by atoms with Crippen LogP contribution < -0.4 is 0 Å². The van der Waals surface area contributed by atoms with Crippen molar-refractivity contribution in [1.82, 2.24) is 0 Å². The summed E-state index contributed by atoms with van der Waals surface area (Å²) < 4.78 is 0. The summed E-state index contributed by atoms with van der Waals surface area (Å²) in [5.74, 6) is 0. The van der Waals surface area contributed by atoms with Crippen molar-refractivity contribution in [2.45, 2.75) is 0 Å². The molecule has 0 N–H and O–H groups in total. The standard InChI is InChI=1S/C12H8N2O4S2/c15-13(16)11(7-9-3-1-5-19-9)12(14(17)18)8-10-4-2-6-20-10/h1-8H/b11-7-,12-8-. The van der Waals surface area contributed by atoms with Crippen molar-refractivity contribution in [1.29, 1.82) is 0 Å². The van der Waals surface area contributed by atoms with Crippen LogP contribution in [0.3, 0.4) is 0 Å². The Labute approximate surface area is 121 Å². The van der Waals surface area contributed by atoms with E-state index in [1.54, 1.807) is 35.0 Å². The Morgan fingerprint density at radius 1 is 0.900 bits per heavy atom. The van der Waals surface area contributed by atoms with Crippen molar-refractivity contribution >= 4 is 34.8 Å². The molecule has 0 spiro atoms. The smallest absolute Gasteiger partial charge is 0.258 e. The van der Waals surface area contributed by atoms with Gasteiger partial charge >= 0.3 is 11.4 Å². The van der Waals surface area contributed by atoms with Crippen LogP contribution in [0, 0.1) is 20.2 Å². The quantitative estimate of drug-likeness (QED) is 0.478. The largest absolute Gasteiger partial charge is 0.347 e. The van der Waals surface area contributed by atoms with Crippen LogP contribution in [0.5, 0.6) is 0 Å². The number of nitrogens with zero attached hydrogens (tertiary/aromatic N) is 2. The van der Waals surface area contributed by atoms with E-state index >= 15 is 0 Å². The molecule has 0 aromatic carbocycles. The van der Waals surface area contributed by atoms with E-state index in [0.29, 0.717) is 9.75 Å². The van der Waals surface area contributed by atoms with E-state index in [1.807, 2.05) is 0 Å². The van der Waals surface area contributed by atoms with Gasteiger partial charge in [-0.25, -0.2) is 0 Å². The van der Waals surface area contributed by atoms with Gasteiger partial charge in [-0.15, -0.1) is 22.7 Å². The molecule has 0 radical (unpaired) electrons. The first-order chi connectivity index (χ1) is 9.58. The molecule has 8 heteroatoms. The normalized spacial score (nSPS) is 12.4. The van der Waals surface area contributed by atoms with Crippen molar-refractivity contribution in [2.24, 2.45) is 0 Å². The summed E-state index contributed by atoms with van der Waals surface area (Å²) in [5, 5.41) is 25.7. The second-order valence-corrected chi connectivity index (χ2v) is 5.56. The molecule has 0 fully saturated rings. The van der Waals surface area contributed by atoms with E-state index in [0.717, 1.165) is 0 Å². The van der Waals surface area contributed by atoms with Crippen LogP contribution in [0.2, 0.25) is 0 Å². The Bertz CT molecular complexity index is 612. The van der Waals surface area contributed by atoms with Gasteiger partial charge in [-0.1, -0.05) is 12.1 Å². The predicted octanol–water partition coefficient (Wildman–Crippen LogP) is 3.75. The first-order valence-corrected chi connectivity index (χ1v) is 7.13. The van der Waals surface area contributed by atoms with Gasteiger partial charge in [0.05, 0.1) is 9.85 Å². The van der Waals surface area contributed by atoms with E-state index in [-0.39, 0.29) is 0 Å². The minimum atomic E-state index is -0.734. The molecule has 2 heterocycles. The van der Waals surface area contributed by atoms with Gasteiger partial charge in [0.25, 0.3) is 0 Å². The van der Waals surface area contributed by atoms with E-state index in [9.17, 15) is 20.2 Å². The maximum atomic E-state index is 11.1. The highest BCUT2D eigenvalue weighted by Gasteiger charge is 2.29. The number of nitro groups is 2. The van der Waals surface area contributed by atoms with Crippen LogP contribution in [-0.4, -0.2) is 9.85 Å². The summed E-state index contributed by atoms with van der Waals surface area (Å²) in [7, 11) is 0. The molecule has 2 aromatic rings. The van der Waals surface area contributed by atoms with Gasteiger partial charge in [0, 0.05) is 21.9 Å². The monoisotopic (exact) mass is 308 g/mol. The van der Waals surface area contributed by atoms with Crippen LogP contribution in [-0.2, 0) is 0 Å². The van der Waals surface area contributed by atoms with Gasteiger partial charge in [-0.05, 0) is 22.9 Å². The van der Waals surface area contributed by atoms with Crippen LogP contribution in [0.25, 0.3) is 12.2 Å². The molecule has 20 heavy (non-hydrogen) atoms.